The van der Waals surface area contributed by atoms with E-state index >= 15 is 0 Å². The number of anilines is 1. The topological polar surface area (TPSA) is 64.3 Å². The summed E-state index contributed by atoms with van der Waals surface area (Å²) in [5.74, 6) is 1.10. The van der Waals surface area contributed by atoms with Crippen LogP contribution in [0.3, 0.4) is 0 Å². The summed E-state index contributed by atoms with van der Waals surface area (Å²) in [4.78, 5) is 11.9. The van der Waals surface area contributed by atoms with E-state index in [4.69, 9.17) is 10.5 Å². The van der Waals surface area contributed by atoms with Crippen LogP contribution < -0.4 is 15.8 Å². The van der Waals surface area contributed by atoms with Crippen molar-refractivity contribution in [2.75, 3.05) is 18.9 Å². The molecule has 18 heavy (non-hydrogen) atoms. The van der Waals surface area contributed by atoms with Gasteiger partial charge in [0, 0.05) is 23.9 Å². The van der Waals surface area contributed by atoms with Gasteiger partial charge in [0.25, 0.3) is 5.91 Å². The summed E-state index contributed by atoms with van der Waals surface area (Å²) in [6, 6.07) is 5.09. The van der Waals surface area contributed by atoms with Gasteiger partial charge >= 0.3 is 0 Å². The van der Waals surface area contributed by atoms with Crippen LogP contribution in [0.1, 0.15) is 37.6 Å². The summed E-state index contributed by atoms with van der Waals surface area (Å²) in [6.45, 7) is 7.37. The quantitative estimate of drug-likeness (QED) is 0.762. The van der Waals surface area contributed by atoms with Gasteiger partial charge < -0.3 is 15.8 Å². The second-order valence-electron chi connectivity index (χ2n) is 4.66. The van der Waals surface area contributed by atoms with Gasteiger partial charge in [-0.05, 0) is 31.4 Å². The lowest BCUT2D eigenvalue weighted by Gasteiger charge is -2.10. The van der Waals surface area contributed by atoms with Crippen LogP contribution in [-0.4, -0.2) is 19.1 Å². The minimum atomic E-state index is -0.107. The van der Waals surface area contributed by atoms with E-state index in [2.05, 4.69) is 19.2 Å². The first-order valence-corrected chi connectivity index (χ1v) is 6.34. The van der Waals surface area contributed by atoms with Crippen LogP contribution in [0.15, 0.2) is 18.2 Å². The fraction of sp³-hybridized carbons (Fsp3) is 0.500. The van der Waals surface area contributed by atoms with Gasteiger partial charge in [0.05, 0.1) is 6.61 Å². The van der Waals surface area contributed by atoms with Crippen molar-refractivity contribution < 1.29 is 9.53 Å². The molecule has 1 aromatic rings. The van der Waals surface area contributed by atoms with E-state index in [-0.39, 0.29) is 5.91 Å². The fourth-order valence-electron chi connectivity index (χ4n) is 1.58. The Hall–Kier alpha value is -1.71. The number of carbonyl (C=O) groups is 1. The maximum atomic E-state index is 11.9. The SMILES string of the molecule is CCOc1cc(N)cc(C(=O)NCCC(C)C)c1. The van der Waals surface area contributed by atoms with Gasteiger partial charge in [0.15, 0.2) is 0 Å². The van der Waals surface area contributed by atoms with E-state index < -0.39 is 0 Å². The van der Waals surface area contributed by atoms with Crippen molar-refractivity contribution in [3.63, 3.8) is 0 Å². The zero-order chi connectivity index (χ0) is 13.5. The highest BCUT2D eigenvalue weighted by molar-refractivity contribution is 5.95. The maximum absolute atomic E-state index is 11.9. The Balaban J connectivity index is 2.66. The van der Waals surface area contributed by atoms with Gasteiger partial charge in [0.1, 0.15) is 5.75 Å². The van der Waals surface area contributed by atoms with Crippen LogP contribution >= 0.6 is 0 Å². The number of amides is 1. The van der Waals surface area contributed by atoms with Crippen LogP contribution in [0.25, 0.3) is 0 Å². The lowest BCUT2D eigenvalue weighted by molar-refractivity contribution is 0.0951. The molecule has 0 aliphatic carbocycles. The van der Waals surface area contributed by atoms with E-state index in [0.29, 0.717) is 36.1 Å². The van der Waals surface area contributed by atoms with Crippen molar-refractivity contribution in [1.82, 2.24) is 5.32 Å². The molecule has 0 fully saturated rings. The molecule has 1 rings (SSSR count). The molecule has 0 aliphatic heterocycles. The Kier molecular flexibility index (Phi) is 5.49. The molecule has 100 valence electrons. The van der Waals surface area contributed by atoms with E-state index in [1.165, 1.54) is 0 Å². The number of ether oxygens (including phenoxy) is 1. The van der Waals surface area contributed by atoms with Gasteiger partial charge in [-0.1, -0.05) is 13.8 Å². The predicted octanol–water partition coefficient (Wildman–Crippen LogP) is 2.44. The molecule has 0 aliphatic rings. The molecular weight excluding hydrogens is 228 g/mol. The molecule has 4 heteroatoms. The normalized spacial score (nSPS) is 10.4. The Labute approximate surface area is 109 Å². The lowest BCUT2D eigenvalue weighted by Crippen LogP contribution is -2.25. The van der Waals surface area contributed by atoms with Gasteiger partial charge in [-0.2, -0.15) is 0 Å². The van der Waals surface area contributed by atoms with Gasteiger partial charge in [-0.15, -0.1) is 0 Å². The summed E-state index contributed by atoms with van der Waals surface area (Å²) in [5, 5.41) is 2.88. The molecule has 1 aromatic carbocycles. The molecule has 0 aromatic heterocycles. The molecule has 0 saturated heterocycles. The number of nitrogens with one attached hydrogen (secondary N) is 1. The standard InChI is InChI=1S/C14H22N2O2/c1-4-18-13-8-11(7-12(15)9-13)14(17)16-6-5-10(2)3/h7-10H,4-6,15H2,1-3H3,(H,16,17). The highest BCUT2D eigenvalue weighted by Gasteiger charge is 2.08. The van der Waals surface area contributed by atoms with Crippen LogP contribution in [0, 0.1) is 5.92 Å². The highest BCUT2D eigenvalue weighted by Crippen LogP contribution is 2.18. The van der Waals surface area contributed by atoms with Gasteiger partial charge in [-0.25, -0.2) is 0 Å². The number of carbonyl (C=O) groups excluding carboxylic acids is 1. The second kappa shape index (κ2) is 6.89. The fourth-order valence-corrected chi connectivity index (χ4v) is 1.58. The average Bonchev–Trinajstić information content (AvgIpc) is 2.28. The van der Waals surface area contributed by atoms with Crippen molar-refractivity contribution in [3.05, 3.63) is 23.8 Å². The summed E-state index contributed by atoms with van der Waals surface area (Å²) in [6.07, 6.45) is 0.965. The number of nitrogen functional groups attached to an aromatic ring is 1. The summed E-state index contributed by atoms with van der Waals surface area (Å²) >= 11 is 0. The molecule has 0 bridgehead atoms. The number of nitrogens with two attached hydrogens (primary N) is 1. The Bertz CT molecular complexity index is 403. The van der Waals surface area contributed by atoms with Gasteiger partial charge in [-0.3, -0.25) is 4.79 Å². The first-order valence-electron chi connectivity index (χ1n) is 6.34. The largest absolute Gasteiger partial charge is 0.494 e. The first-order chi connectivity index (χ1) is 8.52. The van der Waals surface area contributed by atoms with E-state index in [0.717, 1.165) is 6.42 Å². The van der Waals surface area contributed by atoms with Crippen molar-refractivity contribution in [2.45, 2.75) is 27.2 Å². The Morgan fingerprint density at radius 1 is 1.39 bits per heavy atom. The summed E-state index contributed by atoms with van der Waals surface area (Å²) in [7, 11) is 0. The molecule has 0 atom stereocenters. The molecule has 4 nitrogen and oxygen atoms in total. The zero-order valence-corrected chi connectivity index (χ0v) is 11.3. The van der Waals surface area contributed by atoms with Crippen molar-refractivity contribution in [3.8, 4) is 5.75 Å². The molecular formula is C14H22N2O2. The molecule has 1 amide bonds. The van der Waals surface area contributed by atoms with E-state index in [1.54, 1.807) is 18.2 Å². The lowest BCUT2D eigenvalue weighted by atomic mass is 10.1. The summed E-state index contributed by atoms with van der Waals surface area (Å²) < 4.78 is 5.36. The summed E-state index contributed by atoms with van der Waals surface area (Å²) in [5.41, 5.74) is 6.83. The van der Waals surface area contributed by atoms with Crippen LogP contribution in [0.2, 0.25) is 0 Å². The van der Waals surface area contributed by atoms with Crippen LogP contribution in [-0.2, 0) is 0 Å². The Morgan fingerprint density at radius 3 is 2.72 bits per heavy atom. The molecule has 0 saturated carbocycles. The number of hydrogen-bond donors (Lipinski definition) is 2. The third-order valence-electron chi connectivity index (χ3n) is 2.51. The second-order valence-corrected chi connectivity index (χ2v) is 4.66. The number of rotatable bonds is 6. The smallest absolute Gasteiger partial charge is 0.251 e. The first kappa shape index (κ1) is 14.4. The van der Waals surface area contributed by atoms with E-state index in [1.807, 2.05) is 6.92 Å². The third-order valence-corrected chi connectivity index (χ3v) is 2.51. The monoisotopic (exact) mass is 250 g/mol. The molecule has 0 heterocycles. The third kappa shape index (κ3) is 4.65. The molecule has 0 radical (unpaired) electrons. The highest BCUT2D eigenvalue weighted by atomic mass is 16.5. The Morgan fingerprint density at radius 2 is 2.11 bits per heavy atom. The van der Waals surface area contributed by atoms with E-state index in [9.17, 15) is 4.79 Å². The molecule has 0 spiro atoms. The van der Waals surface area contributed by atoms with Crippen molar-refractivity contribution in [2.24, 2.45) is 5.92 Å². The minimum absolute atomic E-state index is 0.107. The maximum Gasteiger partial charge on any atom is 0.251 e. The van der Waals surface area contributed by atoms with Crippen molar-refractivity contribution >= 4 is 11.6 Å². The predicted molar refractivity (Wildman–Crippen MR) is 73.8 cm³/mol. The van der Waals surface area contributed by atoms with Crippen LogP contribution in [0.4, 0.5) is 5.69 Å². The average molecular weight is 250 g/mol. The van der Waals surface area contributed by atoms with Crippen LogP contribution in [0.5, 0.6) is 5.75 Å². The van der Waals surface area contributed by atoms with Crippen molar-refractivity contribution in [1.29, 1.82) is 0 Å². The number of benzene rings is 1. The van der Waals surface area contributed by atoms with Gasteiger partial charge in [0.2, 0.25) is 0 Å². The minimum Gasteiger partial charge on any atom is -0.494 e. The molecule has 0 unspecified atom stereocenters. The zero-order valence-electron chi connectivity index (χ0n) is 11.3. The number of hydrogen-bond acceptors (Lipinski definition) is 3. The molecule has 3 N–H and O–H groups in total.